The summed E-state index contributed by atoms with van der Waals surface area (Å²) in [4.78, 5) is 16.7. The molecule has 1 saturated carbocycles. The number of hydrogen-bond donors (Lipinski definition) is 3. The van der Waals surface area contributed by atoms with E-state index in [9.17, 15) is 9.90 Å². The highest BCUT2D eigenvalue weighted by Crippen LogP contribution is 2.42. The molecule has 0 saturated heterocycles. The van der Waals surface area contributed by atoms with Gasteiger partial charge in [-0.05, 0) is 55.9 Å². The first-order chi connectivity index (χ1) is 11.9. The molecular formula is C19H20N4O2. The molecule has 6 nitrogen and oxygen atoms in total. The minimum Gasteiger partial charge on any atom is -0.508 e. The van der Waals surface area contributed by atoms with Crippen molar-refractivity contribution >= 4 is 22.8 Å². The normalized spacial score (nSPS) is 14.2. The van der Waals surface area contributed by atoms with Gasteiger partial charge in [0, 0.05) is 17.1 Å². The van der Waals surface area contributed by atoms with E-state index in [1.54, 1.807) is 10.6 Å². The summed E-state index contributed by atoms with van der Waals surface area (Å²) in [5, 5.41) is 10.8. The number of anilines is 1. The lowest BCUT2D eigenvalue weighted by molar-refractivity contribution is 0.100. The molecule has 4 rings (SSSR count). The topological polar surface area (TPSA) is 107 Å². The van der Waals surface area contributed by atoms with E-state index >= 15 is 0 Å². The van der Waals surface area contributed by atoms with Crippen molar-refractivity contribution in [1.29, 1.82) is 0 Å². The molecule has 128 valence electrons. The Balaban J connectivity index is 2.10. The largest absolute Gasteiger partial charge is 0.508 e. The Kier molecular flexibility index (Phi) is 3.25. The van der Waals surface area contributed by atoms with Gasteiger partial charge in [-0.2, -0.15) is 0 Å². The second-order valence-corrected chi connectivity index (χ2v) is 6.75. The lowest BCUT2D eigenvalue weighted by Gasteiger charge is -2.15. The fourth-order valence-electron chi connectivity index (χ4n) is 3.49. The van der Waals surface area contributed by atoms with Gasteiger partial charge >= 0.3 is 0 Å². The Hall–Kier alpha value is -3.02. The molecule has 0 atom stereocenters. The average molecular weight is 336 g/mol. The van der Waals surface area contributed by atoms with E-state index in [1.165, 1.54) is 0 Å². The van der Waals surface area contributed by atoms with Crippen LogP contribution in [0.15, 0.2) is 24.4 Å². The van der Waals surface area contributed by atoms with Crippen molar-refractivity contribution in [2.75, 3.05) is 5.73 Å². The van der Waals surface area contributed by atoms with E-state index in [4.69, 9.17) is 11.5 Å². The smallest absolute Gasteiger partial charge is 0.253 e. The Morgan fingerprint density at radius 2 is 2.04 bits per heavy atom. The molecule has 0 bridgehead atoms. The number of phenolic OH excluding ortho intramolecular Hbond substituents is 1. The van der Waals surface area contributed by atoms with Crippen LogP contribution < -0.4 is 11.5 Å². The zero-order valence-corrected chi connectivity index (χ0v) is 14.2. The molecule has 6 heteroatoms. The number of phenols is 1. The summed E-state index contributed by atoms with van der Waals surface area (Å²) in [6.45, 7) is 3.74. The Morgan fingerprint density at radius 3 is 2.68 bits per heavy atom. The summed E-state index contributed by atoms with van der Waals surface area (Å²) < 4.78 is 1.72. The van der Waals surface area contributed by atoms with Crippen LogP contribution in [0.3, 0.4) is 0 Å². The molecule has 3 aromatic rings. The van der Waals surface area contributed by atoms with E-state index in [1.807, 2.05) is 32.2 Å². The molecule has 2 heterocycles. The number of benzene rings is 1. The van der Waals surface area contributed by atoms with Crippen molar-refractivity contribution in [3.63, 3.8) is 0 Å². The van der Waals surface area contributed by atoms with Gasteiger partial charge in [0.05, 0.1) is 11.3 Å². The van der Waals surface area contributed by atoms with Crippen LogP contribution in [0.25, 0.3) is 16.7 Å². The van der Waals surface area contributed by atoms with Crippen molar-refractivity contribution in [3.05, 3.63) is 46.6 Å². The summed E-state index contributed by atoms with van der Waals surface area (Å²) in [7, 11) is 0. The second kappa shape index (κ2) is 5.24. The number of rotatable bonds is 3. The fraction of sp³-hybridized carbons (Fsp3) is 0.263. The summed E-state index contributed by atoms with van der Waals surface area (Å²) in [5.74, 6) is 0.342. The number of pyridine rings is 1. The highest BCUT2D eigenvalue weighted by atomic mass is 16.3. The van der Waals surface area contributed by atoms with Crippen molar-refractivity contribution < 1.29 is 9.90 Å². The summed E-state index contributed by atoms with van der Waals surface area (Å²) in [6, 6.07) is 5.43. The van der Waals surface area contributed by atoms with Gasteiger partial charge in [0.15, 0.2) is 0 Å². The summed E-state index contributed by atoms with van der Waals surface area (Å²) >= 11 is 0. The van der Waals surface area contributed by atoms with Crippen molar-refractivity contribution in [1.82, 2.24) is 9.55 Å². The van der Waals surface area contributed by atoms with Crippen LogP contribution in [0.1, 0.15) is 45.8 Å². The van der Waals surface area contributed by atoms with Gasteiger partial charge in [0.2, 0.25) is 0 Å². The number of nitrogens with zero attached hydrogens (tertiary/aromatic N) is 2. The number of primary amides is 1. The van der Waals surface area contributed by atoms with E-state index in [0.717, 1.165) is 29.7 Å². The van der Waals surface area contributed by atoms with E-state index in [2.05, 4.69) is 4.98 Å². The molecule has 1 fully saturated rings. The van der Waals surface area contributed by atoms with Crippen LogP contribution in [0.4, 0.5) is 5.82 Å². The van der Waals surface area contributed by atoms with Crippen LogP contribution in [-0.2, 0) is 0 Å². The molecule has 5 N–H and O–H groups in total. The molecule has 1 aliphatic rings. The van der Waals surface area contributed by atoms with Gasteiger partial charge in [-0.3, -0.25) is 9.36 Å². The Morgan fingerprint density at radius 1 is 1.32 bits per heavy atom. The molecule has 0 aliphatic heterocycles. The number of nitrogens with two attached hydrogens (primary N) is 2. The predicted molar refractivity (Wildman–Crippen MR) is 97.1 cm³/mol. The van der Waals surface area contributed by atoms with Gasteiger partial charge in [-0.15, -0.1) is 0 Å². The first kappa shape index (κ1) is 15.5. The Labute approximate surface area is 145 Å². The molecule has 0 spiro atoms. The number of carbonyl (C=O) groups is 1. The number of aryl methyl sites for hydroxylation is 1. The molecule has 1 aliphatic carbocycles. The zero-order valence-electron chi connectivity index (χ0n) is 14.2. The molecule has 2 aromatic heterocycles. The fourth-order valence-corrected chi connectivity index (χ4v) is 3.49. The van der Waals surface area contributed by atoms with E-state index in [-0.39, 0.29) is 17.1 Å². The molecular weight excluding hydrogens is 316 g/mol. The number of nitrogen functional groups attached to an aromatic ring is 1. The van der Waals surface area contributed by atoms with Gasteiger partial charge < -0.3 is 16.6 Å². The third-order valence-corrected chi connectivity index (χ3v) is 4.99. The van der Waals surface area contributed by atoms with Crippen LogP contribution in [0.5, 0.6) is 5.75 Å². The third kappa shape index (κ3) is 2.25. The maximum atomic E-state index is 12.1. The minimum absolute atomic E-state index is 0.164. The summed E-state index contributed by atoms with van der Waals surface area (Å²) in [5.41, 5.74) is 16.2. The van der Waals surface area contributed by atoms with Gasteiger partial charge in [-0.25, -0.2) is 4.98 Å². The van der Waals surface area contributed by atoms with Crippen molar-refractivity contribution in [2.24, 2.45) is 5.73 Å². The third-order valence-electron chi connectivity index (χ3n) is 4.99. The van der Waals surface area contributed by atoms with Crippen LogP contribution >= 0.6 is 0 Å². The second-order valence-electron chi connectivity index (χ2n) is 6.75. The minimum atomic E-state index is -0.577. The predicted octanol–water partition coefficient (Wildman–Crippen LogP) is 2.91. The van der Waals surface area contributed by atoms with Gasteiger partial charge in [-0.1, -0.05) is 6.07 Å². The maximum Gasteiger partial charge on any atom is 0.253 e. The van der Waals surface area contributed by atoms with Gasteiger partial charge in [0.1, 0.15) is 17.2 Å². The Bertz CT molecular complexity index is 1030. The van der Waals surface area contributed by atoms with Gasteiger partial charge in [0.25, 0.3) is 5.91 Å². The zero-order chi connectivity index (χ0) is 17.9. The first-order valence-corrected chi connectivity index (χ1v) is 8.29. The van der Waals surface area contributed by atoms with Crippen LogP contribution in [-0.4, -0.2) is 20.6 Å². The lowest BCUT2D eigenvalue weighted by Crippen LogP contribution is -2.14. The number of aromatic hydroxyl groups is 1. The molecule has 0 unspecified atom stereocenters. The summed E-state index contributed by atoms with van der Waals surface area (Å²) in [6.07, 6.45) is 4.12. The maximum absolute atomic E-state index is 12.1. The number of carbonyl (C=O) groups excluding carboxylic acids is 1. The highest BCUT2D eigenvalue weighted by Gasteiger charge is 2.28. The number of amides is 1. The number of hydrogen-bond acceptors (Lipinski definition) is 4. The molecule has 1 amide bonds. The molecule has 25 heavy (non-hydrogen) atoms. The monoisotopic (exact) mass is 336 g/mol. The molecule has 1 aromatic carbocycles. The number of aromatic nitrogens is 2. The van der Waals surface area contributed by atoms with E-state index in [0.29, 0.717) is 22.5 Å². The lowest BCUT2D eigenvalue weighted by atomic mass is 10.1. The average Bonchev–Trinajstić information content (AvgIpc) is 3.36. The highest BCUT2D eigenvalue weighted by molar-refractivity contribution is 6.11. The van der Waals surface area contributed by atoms with Crippen LogP contribution in [0.2, 0.25) is 0 Å². The van der Waals surface area contributed by atoms with E-state index < -0.39 is 5.91 Å². The van der Waals surface area contributed by atoms with Crippen molar-refractivity contribution in [3.8, 4) is 11.4 Å². The standard InChI is InChI=1S/C19H20N4O2/c1-9-3-6-14(24)10(2)16(9)23-17(20)15(18(21)25)13-7-12(11-4-5-11)8-22-19(13)23/h3,6-8,11,24H,4-5,20H2,1-2H3,(H2,21,25). The number of fused-ring (bicyclic) bond motifs is 1. The first-order valence-electron chi connectivity index (χ1n) is 8.29. The van der Waals surface area contributed by atoms with Crippen LogP contribution in [0, 0.1) is 13.8 Å². The SMILES string of the molecule is Cc1ccc(O)c(C)c1-n1c(N)c(C(N)=O)c2cc(C3CC3)cnc21. The quantitative estimate of drug-likeness (QED) is 0.683. The molecule has 0 radical (unpaired) electrons. The van der Waals surface area contributed by atoms with Crippen molar-refractivity contribution in [2.45, 2.75) is 32.6 Å².